The van der Waals surface area contributed by atoms with Crippen molar-refractivity contribution in [2.45, 2.75) is 32.6 Å². The second-order valence-corrected chi connectivity index (χ2v) is 6.55. The number of nitrogens with one attached hydrogen (secondary N) is 2. The Morgan fingerprint density at radius 1 is 1.17 bits per heavy atom. The fraction of sp³-hybridized carbons (Fsp3) is 0.400. The number of rotatable bonds is 5. The predicted octanol–water partition coefficient (Wildman–Crippen LogP) is 3.78. The maximum Gasteiger partial charge on any atom is 0.224 e. The Morgan fingerprint density at radius 2 is 1.92 bits per heavy atom. The van der Waals surface area contributed by atoms with Crippen LogP contribution >= 0.6 is 0 Å². The van der Waals surface area contributed by atoms with Gasteiger partial charge in [-0.1, -0.05) is 12.1 Å². The van der Waals surface area contributed by atoms with E-state index in [1.165, 1.54) is 12.8 Å². The van der Waals surface area contributed by atoms with Crippen molar-refractivity contribution in [2.24, 2.45) is 5.92 Å². The number of aryl methyl sites for hydroxylation is 1. The molecule has 1 aliphatic heterocycles. The van der Waals surface area contributed by atoms with E-state index in [0.29, 0.717) is 12.3 Å². The fourth-order valence-electron chi connectivity index (χ4n) is 3.20. The summed E-state index contributed by atoms with van der Waals surface area (Å²) < 4.78 is 0. The summed E-state index contributed by atoms with van der Waals surface area (Å²) in [6.45, 7) is 4.19. The van der Waals surface area contributed by atoms with Gasteiger partial charge in [0.05, 0.1) is 0 Å². The summed E-state index contributed by atoms with van der Waals surface area (Å²) in [6.07, 6.45) is 7.52. The molecule has 0 radical (unpaired) electrons. The highest BCUT2D eigenvalue weighted by Gasteiger charge is 2.15. The molecule has 1 aromatic heterocycles. The molecule has 1 aliphatic rings. The maximum absolute atomic E-state index is 12.3. The molecule has 0 saturated carbocycles. The zero-order valence-electron chi connectivity index (χ0n) is 14.2. The highest BCUT2D eigenvalue weighted by molar-refractivity contribution is 5.92. The molecule has 0 atom stereocenters. The van der Waals surface area contributed by atoms with E-state index in [0.717, 1.165) is 41.9 Å². The molecule has 126 valence electrons. The average Bonchev–Trinajstić information content (AvgIpc) is 2.63. The fourth-order valence-corrected chi connectivity index (χ4v) is 3.20. The summed E-state index contributed by atoms with van der Waals surface area (Å²) >= 11 is 0. The Labute approximate surface area is 143 Å². The monoisotopic (exact) mass is 323 g/mol. The summed E-state index contributed by atoms with van der Waals surface area (Å²) in [6, 6.07) is 10.1. The number of hydrogen-bond acceptors (Lipinski definition) is 3. The lowest BCUT2D eigenvalue weighted by molar-refractivity contribution is -0.116. The van der Waals surface area contributed by atoms with Gasteiger partial charge in [-0.05, 0) is 80.1 Å². The number of carbonyl (C=O) groups is 1. The van der Waals surface area contributed by atoms with Gasteiger partial charge < -0.3 is 10.6 Å². The highest BCUT2D eigenvalue weighted by atomic mass is 16.1. The molecule has 0 unspecified atom stereocenters. The van der Waals surface area contributed by atoms with Gasteiger partial charge in [0.15, 0.2) is 0 Å². The average molecular weight is 323 g/mol. The summed E-state index contributed by atoms with van der Waals surface area (Å²) in [5, 5.41) is 6.46. The van der Waals surface area contributed by atoms with Crippen molar-refractivity contribution in [3.8, 4) is 11.1 Å². The van der Waals surface area contributed by atoms with Crippen LogP contribution in [0.4, 0.5) is 5.69 Å². The van der Waals surface area contributed by atoms with Crippen LogP contribution in [0.5, 0.6) is 0 Å². The van der Waals surface area contributed by atoms with Gasteiger partial charge in [-0.15, -0.1) is 0 Å². The zero-order valence-corrected chi connectivity index (χ0v) is 14.2. The Hall–Kier alpha value is -2.20. The SMILES string of the molecule is Cc1ccc(-c2ccncc2)cc1NC(=O)CCC1CCNCC1. The molecule has 3 rings (SSSR count). The van der Waals surface area contributed by atoms with Crippen LogP contribution in [-0.4, -0.2) is 24.0 Å². The van der Waals surface area contributed by atoms with Crippen molar-refractivity contribution < 1.29 is 4.79 Å². The lowest BCUT2D eigenvalue weighted by Gasteiger charge is -2.22. The van der Waals surface area contributed by atoms with Crippen LogP contribution in [0.1, 0.15) is 31.2 Å². The molecule has 2 N–H and O–H groups in total. The topological polar surface area (TPSA) is 54.0 Å². The van der Waals surface area contributed by atoms with Crippen LogP contribution in [0, 0.1) is 12.8 Å². The molecular formula is C20H25N3O. The molecule has 1 aromatic carbocycles. The number of aromatic nitrogens is 1. The minimum Gasteiger partial charge on any atom is -0.326 e. The minimum absolute atomic E-state index is 0.114. The van der Waals surface area contributed by atoms with Crippen LogP contribution < -0.4 is 10.6 Å². The van der Waals surface area contributed by atoms with E-state index >= 15 is 0 Å². The third-order valence-electron chi connectivity index (χ3n) is 4.76. The van der Waals surface area contributed by atoms with E-state index in [4.69, 9.17) is 0 Å². The molecule has 0 spiro atoms. The Bertz CT molecular complexity index is 679. The van der Waals surface area contributed by atoms with Crippen molar-refractivity contribution in [3.05, 3.63) is 48.3 Å². The second-order valence-electron chi connectivity index (χ2n) is 6.55. The van der Waals surface area contributed by atoms with E-state index in [1.807, 2.05) is 25.1 Å². The van der Waals surface area contributed by atoms with E-state index in [2.05, 4.69) is 27.8 Å². The first-order valence-electron chi connectivity index (χ1n) is 8.74. The molecule has 0 aliphatic carbocycles. The molecule has 24 heavy (non-hydrogen) atoms. The number of pyridine rings is 1. The van der Waals surface area contributed by atoms with Gasteiger partial charge in [-0.2, -0.15) is 0 Å². The Balaban J connectivity index is 1.62. The van der Waals surface area contributed by atoms with Gasteiger partial charge in [-0.25, -0.2) is 0 Å². The van der Waals surface area contributed by atoms with Gasteiger partial charge in [0.1, 0.15) is 0 Å². The highest BCUT2D eigenvalue weighted by Crippen LogP contribution is 2.25. The molecule has 1 amide bonds. The first-order chi connectivity index (χ1) is 11.7. The lowest BCUT2D eigenvalue weighted by Crippen LogP contribution is -2.28. The van der Waals surface area contributed by atoms with Gasteiger partial charge in [-0.3, -0.25) is 9.78 Å². The summed E-state index contributed by atoms with van der Waals surface area (Å²) in [5.74, 6) is 0.796. The zero-order chi connectivity index (χ0) is 16.8. The lowest BCUT2D eigenvalue weighted by atomic mass is 9.93. The van der Waals surface area contributed by atoms with E-state index in [1.54, 1.807) is 12.4 Å². The van der Waals surface area contributed by atoms with Crippen molar-refractivity contribution >= 4 is 11.6 Å². The van der Waals surface area contributed by atoms with E-state index in [9.17, 15) is 4.79 Å². The third kappa shape index (κ3) is 4.42. The Morgan fingerprint density at radius 3 is 2.67 bits per heavy atom. The molecule has 2 aromatic rings. The molecular weight excluding hydrogens is 298 g/mol. The van der Waals surface area contributed by atoms with Crippen molar-refractivity contribution in [1.29, 1.82) is 0 Å². The van der Waals surface area contributed by atoms with Crippen molar-refractivity contribution in [3.63, 3.8) is 0 Å². The number of benzene rings is 1. The van der Waals surface area contributed by atoms with E-state index < -0.39 is 0 Å². The number of carbonyl (C=O) groups excluding carboxylic acids is 1. The van der Waals surface area contributed by atoms with Crippen LogP contribution in [0.15, 0.2) is 42.7 Å². The van der Waals surface area contributed by atoms with Crippen molar-refractivity contribution in [1.82, 2.24) is 10.3 Å². The number of amides is 1. The smallest absolute Gasteiger partial charge is 0.224 e. The molecule has 2 heterocycles. The van der Waals surface area contributed by atoms with Gasteiger partial charge in [0, 0.05) is 24.5 Å². The van der Waals surface area contributed by atoms with E-state index in [-0.39, 0.29) is 5.91 Å². The van der Waals surface area contributed by atoms with Crippen LogP contribution in [-0.2, 0) is 4.79 Å². The van der Waals surface area contributed by atoms with Gasteiger partial charge >= 0.3 is 0 Å². The predicted molar refractivity (Wildman–Crippen MR) is 97.9 cm³/mol. The minimum atomic E-state index is 0.114. The number of anilines is 1. The normalized spacial score (nSPS) is 15.2. The summed E-state index contributed by atoms with van der Waals surface area (Å²) in [5.41, 5.74) is 4.19. The summed E-state index contributed by atoms with van der Waals surface area (Å²) in [7, 11) is 0. The molecule has 4 heteroatoms. The standard InChI is InChI=1S/C20H25N3O/c1-15-2-4-18(17-8-12-22-13-9-17)14-19(15)23-20(24)5-3-16-6-10-21-11-7-16/h2,4,8-9,12-14,16,21H,3,5-7,10-11H2,1H3,(H,23,24). The first-order valence-corrected chi connectivity index (χ1v) is 8.74. The van der Waals surface area contributed by atoms with Gasteiger partial charge in [0.2, 0.25) is 5.91 Å². The number of nitrogens with zero attached hydrogens (tertiary/aromatic N) is 1. The quantitative estimate of drug-likeness (QED) is 0.880. The number of piperidine rings is 1. The summed E-state index contributed by atoms with van der Waals surface area (Å²) in [4.78, 5) is 16.4. The molecule has 4 nitrogen and oxygen atoms in total. The largest absolute Gasteiger partial charge is 0.326 e. The maximum atomic E-state index is 12.3. The molecule has 1 fully saturated rings. The van der Waals surface area contributed by atoms with Gasteiger partial charge in [0.25, 0.3) is 0 Å². The van der Waals surface area contributed by atoms with Crippen molar-refractivity contribution in [2.75, 3.05) is 18.4 Å². The number of hydrogen-bond donors (Lipinski definition) is 2. The second kappa shape index (κ2) is 8.06. The van der Waals surface area contributed by atoms with Crippen LogP contribution in [0.2, 0.25) is 0 Å². The van der Waals surface area contributed by atoms with Crippen LogP contribution in [0.25, 0.3) is 11.1 Å². The molecule has 0 bridgehead atoms. The first kappa shape index (κ1) is 16.7. The third-order valence-corrected chi connectivity index (χ3v) is 4.76. The molecule has 1 saturated heterocycles. The Kier molecular flexibility index (Phi) is 5.59. The van der Waals surface area contributed by atoms with Crippen LogP contribution in [0.3, 0.4) is 0 Å².